The zero-order chi connectivity index (χ0) is 21.4. The van der Waals surface area contributed by atoms with Gasteiger partial charge < -0.3 is 10.6 Å². The molecule has 2 amide bonds. The molecule has 1 fully saturated rings. The Morgan fingerprint density at radius 3 is 2.65 bits per heavy atom. The maximum absolute atomic E-state index is 13.4. The van der Waals surface area contributed by atoms with E-state index in [2.05, 4.69) is 25.8 Å². The van der Waals surface area contributed by atoms with Crippen LogP contribution in [-0.2, 0) is 4.79 Å². The molecule has 2 aromatic heterocycles. The Bertz CT molecular complexity index is 1310. The van der Waals surface area contributed by atoms with E-state index in [-0.39, 0.29) is 17.5 Å². The number of hydrogen-bond donors (Lipinski definition) is 3. The molecule has 0 bridgehead atoms. The minimum Gasteiger partial charge on any atom is -0.324 e. The lowest BCUT2D eigenvalue weighted by atomic mass is 10.0. The summed E-state index contributed by atoms with van der Waals surface area (Å²) in [5.74, 6) is -0.767. The summed E-state index contributed by atoms with van der Waals surface area (Å²) in [7, 11) is 0. The summed E-state index contributed by atoms with van der Waals surface area (Å²) in [6.07, 6.45) is 5.16. The molecule has 4 aromatic rings. The second-order valence-corrected chi connectivity index (χ2v) is 7.52. The van der Waals surface area contributed by atoms with Gasteiger partial charge in [0.1, 0.15) is 5.82 Å². The molecule has 0 spiro atoms. The average Bonchev–Trinajstić information content (AvgIpc) is 3.53. The van der Waals surface area contributed by atoms with Crippen LogP contribution in [0.25, 0.3) is 22.0 Å². The largest absolute Gasteiger partial charge is 0.324 e. The van der Waals surface area contributed by atoms with Crippen LogP contribution in [0.2, 0.25) is 0 Å². The molecule has 1 aliphatic carbocycles. The molecule has 5 rings (SSSR count). The van der Waals surface area contributed by atoms with E-state index in [0.717, 1.165) is 24.0 Å². The van der Waals surface area contributed by atoms with Crippen LogP contribution in [0.4, 0.5) is 15.8 Å². The summed E-state index contributed by atoms with van der Waals surface area (Å²) >= 11 is 0. The number of nitrogens with zero attached hydrogens (tertiary/aromatic N) is 2. The maximum atomic E-state index is 13.4. The Labute approximate surface area is 176 Å². The third-order valence-electron chi connectivity index (χ3n) is 5.15. The molecule has 0 aliphatic heterocycles. The molecule has 154 valence electrons. The Balaban J connectivity index is 1.43. The van der Waals surface area contributed by atoms with Gasteiger partial charge in [0.05, 0.1) is 17.4 Å². The normalized spacial score (nSPS) is 13.2. The van der Waals surface area contributed by atoms with Gasteiger partial charge in [-0.05, 0) is 54.8 Å². The highest BCUT2D eigenvalue weighted by atomic mass is 19.1. The van der Waals surface area contributed by atoms with Crippen molar-refractivity contribution in [2.24, 2.45) is 5.92 Å². The maximum Gasteiger partial charge on any atom is 0.276 e. The number of halogens is 1. The first-order valence-corrected chi connectivity index (χ1v) is 9.88. The summed E-state index contributed by atoms with van der Waals surface area (Å²) in [5, 5.41) is 13.2. The molecular weight excluding hydrogens is 397 g/mol. The second kappa shape index (κ2) is 7.64. The summed E-state index contributed by atoms with van der Waals surface area (Å²) in [5.41, 5.74) is 3.50. The van der Waals surface area contributed by atoms with E-state index in [1.807, 2.05) is 24.3 Å². The van der Waals surface area contributed by atoms with Crippen molar-refractivity contribution in [2.75, 3.05) is 10.6 Å². The predicted octanol–water partition coefficient (Wildman–Crippen LogP) is 4.36. The Hall–Kier alpha value is -4.07. The summed E-state index contributed by atoms with van der Waals surface area (Å²) in [6, 6.07) is 13.1. The SMILES string of the molecule is O=C(Nc1cccc(F)c1)c1n[nH]c2ccc(-c3cncc(NC(=O)C4CC4)c3)cc12. The van der Waals surface area contributed by atoms with Crippen LogP contribution in [0.3, 0.4) is 0 Å². The van der Waals surface area contributed by atoms with Crippen molar-refractivity contribution >= 4 is 34.1 Å². The Kier molecular flexibility index (Phi) is 4.66. The Morgan fingerprint density at radius 1 is 0.968 bits per heavy atom. The highest BCUT2D eigenvalue weighted by molar-refractivity contribution is 6.11. The zero-order valence-electron chi connectivity index (χ0n) is 16.4. The molecular formula is C23H18FN5O2. The number of nitrogens with one attached hydrogen (secondary N) is 3. The number of pyridine rings is 1. The van der Waals surface area contributed by atoms with Crippen molar-refractivity contribution < 1.29 is 14.0 Å². The van der Waals surface area contributed by atoms with Gasteiger partial charge in [-0.1, -0.05) is 12.1 Å². The average molecular weight is 415 g/mol. The summed E-state index contributed by atoms with van der Waals surface area (Å²) < 4.78 is 13.4. The summed E-state index contributed by atoms with van der Waals surface area (Å²) in [4.78, 5) is 29.0. The molecule has 0 saturated heterocycles. The lowest BCUT2D eigenvalue weighted by Gasteiger charge is -2.07. The number of rotatable bonds is 5. The number of H-pyrrole nitrogens is 1. The van der Waals surface area contributed by atoms with E-state index < -0.39 is 11.7 Å². The van der Waals surface area contributed by atoms with Crippen molar-refractivity contribution in [3.63, 3.8) is 0 Å². The van der Waals surface area contributed by atoms with Crippen LogP contribution in [0.5, 0.6) is 0 Å². The van der Waals surface area contributed by atoms with Crippen LogP contribution < -0.4 is 10.6 Å². The van der Waals surface area contributed by atoms with Crippen molar-refractivity contribution in [3.05, 3.63) is 72.4 Å². The van der Waals surface area contributed by atoms with Gasteiger partial charge in [0.2, 0.25) is 5.91 Å². The van der Waals surface area contributed by atoms with E-state index in [1.54, 1.807) is 18.5 Å². The molecule has 1 aliphatic rings. The van der Waals surface area contributed by atoms with Gasteiger partial charge in [-0.15, -0.1) is 0 Å². The molecule has 8 heteroatoms. The minimum atomic E-state index is -0.447. The fraction of sp³-hybridized carbons (Fsp3) is 0.130. The zero-order valence-corrected chi connectivity index (χ0v) is 16.4. The first-order chi connectivity index (χ1) is 15.1. The number of benzene rings is 2. The van der Waals surface area contributed by atoms with E-state index in [0.29, 0.717) is 22.3 Å². The Morgan fingerprint density at radius 2 is 1.84 bits per heavy atom. The summed E-state index contributed by atoms with van der Waals surface area (Å²) in [6.45, 7) is 0. The number of hydrogen-bond acceptors (Lipinski definition) is 4. The minimum absolute atomic E-state index is 0.0144. The van der Waals surface area contributed by atoms with Crippen LogP contribution in [0.15, 0.2) is 60.9 Å². The van der Waals surface area contributed by atoms with Gasteiger partial charge in [-0.2, -0.15) is 5.10 Å². The van der Waals surface area contributed by atoms with Crippen LogP contribution in [-0.4, -0.2) is 27.0 Å². The van der Waals surface area contributed by atoms with Crippen molar-refractivity contribution in [2.45, 2.75) is 12.8 Å². The number of aromatic nitrogens is 3. The van der Waals surface area contributed by atoms with E-state index in [9.17, 15) is 14.0 Å². The van der Waals surface area contributed by atoms with E-state index >= 15 is 0 Å². The third-order valence-corrected chi connectivity index (χ3v) is 5.15. The van der Waals surface area contributed by atoms with Gasteiger partial charge >= 0.3 is 0 Å². The fourth-order valence-electron chi connectivity index (χ4n) is 3.38. The van der Waals surface area contributed by atoms with Crippen molar-refractivity contribution in [1.82, 2.24) is 15.2 Å². The number of anilines is 2. The third kappa shape index (κ3) is 4.00. The smallest absolute Gasteiger partial charge is 0.276 e. The molecule has 0 radical (unpaired) electrons. The standard InChI is InChI=1S/C23H18FN5O2/c24-16-2-1-3-17(10-16)26-23(31)21-19-9-14(6-7-20(19)28-29-21)15-8-18(12-25-11-15)27-22(30)13-4-5-13/h1-3,6-13H,4-5H2,(H,26,31)(H,27,30)(H,28,29). The van der Waals surface area contributed by atoms with Crippen molar-refractivity contribution in [1.29, 1.82) is 0 Å². The molecule has 1 saturated carbocycles. The van der Waals surface area contributed by atoms with Crippen LogP contribution >= 0.6 is 0 Å². The molecule has 7 nitrogen and oxygen atoms in total. The number of carbonyl (C=O) groups excluding carboxylic acids is 2. The number of carbonyl (C=O) groups is 2. The lowest BCUT2D eigenvalue weighted by Crippen LogP contribution is -2.13. The fourth-order valence-corrected chi connectivity index (χ4v) is 3.38. The predicted molar refractivity (Wildman–Crippen MR) is 115 cm³/mol. The molecule has 0 unspecified atom stereocenters. The monoisotopic (exact) mass is 415 g/mol. The highest BCUT2D eigenvalue weighted by Gasteiger charge is 2.29. The first-order valence-electron chi connectivity index (χ1n) is 9.88. The van der Waals surface area contributed by atoms with Gasteiger partial charge in [0.15, 0.2) is 5.69 Å². The number of amides is 2. The molecule has 3 N–H and O–H groups in total. The quantitative estimate of drug-likeness (QED) is 0.451. The molecule has 2 heterocycles. The highest BCUT2D eigenvalue weighted by Crippen LogP contribution is 2.31. The van der Waals surface area contributed by atoms with Gasteiger partial charge in [0, 0.05) is 28.8 Å². The van der Waals surface area contributed by atoms with E-state index in [1.165, 1.54) is 18.2 Å². The molecule has 0 atom stereocenters. The molecule has 31 heavy (non-hydrogen) atoms. The topological polar surface area (TPSA) is 99.8 Å². The first kappa shape index (κ1) is 18.9. The van der Waals surface area contributed by atoms with Crippen LogP contribution in [0.1, 0.15) is 23.3 Å². The van der Waals surface area contributed by atoms with Gasteiger partial charge in [0.25, 0.3) is 5.91 Å². The van der Waals surface area contributed by atoms with E-state index in [4.69, 9.17) is 0 Å². The van der Waals surface area contributed by atoms with Gasteiger partial charge in [-0.25, -0.2) is 4.39 Å². The van der Waals surface area contributed by atoms with Crippen LogP contribution in [0, 0.1) is 11.7 Å². The van der Waals surface area contributed by atoms with Gasteiger partial charge in [-0.3, -0.25) is 19.7 Å². The lowest BCUT2D eigenvalue weighted by molar-refractivity contribution is -0.117. The number of fused-ring (bicyclic) bond motifs is 1. The number of aromatic amines is 1. The van der Waals surface area contributed by atoms with Crippen molar-refractivity contribution in [3.8, 4) is 11.1 Å². The molecule has 2 aromatic carbocycles. The second-order valence-electron chi connectivity index (χ2n) is 7.52.